The highest BCUT2D eigenvalue weighted by Gasteiger charge is 2.21. The van der Waals surface area contributed by atoms with E-state index in [2.05, 4.69) is 27.0 Å². The maximum Gasteiger partial charge on any atom is 0.206 e. The molecule has 3 heterocycles. The number of nitrogens with one attached hydrogen (secondary N) is 1. The van der Waals surface area contributed by atoms with E-state index in [1.807, 2.05) is 20.0 Å². The number of nitrogens with zero attached hydrogens (tertiary/aromatic N) is 3. The van der Waals surface area contributed by atoms with Crippen molar-refractivity contribution in [2.24, 2.45) is 0 Å². The monoisotopic (exact) mass is 366 g/mol. The number of ether oxygens (including phenoxy) is 1. The highest BCUT2D eigenvalue weighted by molar-refractivity contribution is 8.01. The Bertz CT molecular complexity index is 720. The fourth-order valence-electron chi connectivity index (χ4n) is 2.93. The smallest absolute Gasteiger partial charge is 0.206 e. The van der Waals surface area contributed by atoms with Crippen molar-refractivity contribution in [3.05, 3.63) is 23.0 Å². The molecule has 2 aromatic rings. The lowest BCUT2D eigenvalue weighted by molar-refractivity contribution is 0.0957. The van der Waals surface area contributed by atoms with Crippen molar-refractivity contribution in [2.75, 3.05) is 24.7 Å². The summed E-state index contributed by atoms with van der Waals surface area (Å²) in [7, 11) is 1.81. The molecule has 0 amide bonds. The molecule has 0 aromatic carbocycles. The number of thioether (sulfide) groups is 1. The average molecular weight is 367 g/mol. The second-order valence-electron chi connectivity index (χ2n) is 5.87. The molecule has 1 aliphatic rings. The number of aryl methyl sites for hydroxylation is 1. The van der Waals surface area contributed by atoms with Gasteiger partial charge >= 0.3 is 0 Å². The average Bonchev–Trinajstić information content (AvgIpc) is 3.30. The van der Waals surface area contributed by atoms with Crippen LogP contribution < -0.4 is 5.32 Å². The van der Waals surface area contributed by atoms with E-state index in [1.54, 1.807) is 0 Å². The summed E-state index contributed by atoms with van der Waals surface area (Å²) in [6, 6.07) is 1.99. The second-order valence-corrected chi connectivity index (χ2v) is 8.07. The Morgan fingerprint density at radius 2 is 2.33 bits per heavy atom. The Labute approximate surface area is 150 Å². The molecular formula is C16H22N4O2S2. The SMILES string of the molecule is CNc1nnc(SCC(=O)c2cc(C)n(C[C@@H]3CCCO3)c2C)s1. The fourth-order valence-corrected chi connectivity index (χ4v) is 4.52. The van der Waals surface area contributed by atoms with E-state index in [-0.39, 0.29) is 11.9 Å². The number of anilines is 1. The van der Waals surface area contributed by atoms with E-state index >= 15 is 0 Å². The topological polar surface area (TPSA) is 69.0 Å². The first-order chi connectivity index (χ1) is 11.6. The van der Waals surface area contributed by atoms with Gasteiger partial charge in [-0.1, -0.05) is 23.1 Å². The van der Waals surface area contributed by atoms with Gasteiger partial charge in [-0.05, 0) is 32.8 Å². The summed E-state index contributed by atoms with van der Waals surface area (Å²) in [5, 5.41) is 11.8. The normalized spacial score (nSPS) is 17.4. The van der Waals surface area contributed by atoms with Crippen molar-refractivity contribution in [3.63, 3.8) is 0 Å². The molecular weight excluding hydrogens is 344 g/mol. The molecule has 1 fully saturated rings. The number of ketones is 1. The van der Waals surface area contributed by atoms with Gasteiger partial charge in [0.2, 0.25) is 5.13 Å². The zero-order chi connectivity index (χ0) is 17.1. The Morgan fingerprint density at radius 1 is 1.50 bits per heavy atom. The summed E-state index contributed by atoms with van der Waals surface area (Å²) in [6.07, 6.45) is 2.50. The largest absolute Gasteiger partial charge is 0.376 e. The molecule has 0 bridgehead atoms. The Kier molecular flexibility index (Phi) is 5.57. The van der Waals surface area contributed by atoms with Crippen LogP contribution in [0.25, 0.3) is 0 Å². The molecule has 1 aliphatic heterocycles. The predicted octanol–water partition coefficient (Wildman–Crippen LogP) is 3.15. The van der Waals surface area contributed by atoms with Crippen molar-refractivity contribution in [1.82, 2.24) is 14.8 Å². The highest BCUT2D eigenvalue weighted by Crippen LogP contribution is 2.27. The van der Waals surface area contributed by atoms with Crippen LogP contribution >= 0.6 is 23.1 Å². The molecule has 8 heteroatoms. The standard InChI is InChI=1S/C16H22N4O2S2/c1-10-7-13(11(2)20(10)8-12-5-4-6-22-12)14(21)9-23-16-19-18-15(17-3)24-16/h7,12H,4-6,8-9H2,1-3H3,(H,17,18)/t12-/m0/s1. The summed E-state index contributed by atoms with van der Waals surface area (Å²) >= 11 is 2.90. The van der Waals surface area contributed by atoms with Gasteiger partial charge in [-0.2, -0.15) is 0 Å². The van der Waals surface area contributed by atoms with Gasteiger partial charge in [0.25, 0.3) is 0 Å². The molecule has 0 radical (unpaired) electrons. The fraction of sp³-hybridized carbons (Fsp3) is 0.562. The van der Waals surface area contributed by atoms with Crippen LogP contribution in [-0.2, 0) is 11.3 Å². The van der Waals surface area contributed by atoms with Gasteiger partial charge in [0.1, 0.15) is 0 Å². The maximum atomic E-state index is 12.6. The third-order valence-corrected chi connectivity index (χ3v) is 6.31. The van der Waals surface area contributed by atoms with Gasteiger partial charge in [0, 0.05) is 37.2 Å². The molecule has 0 aliphatic carbocycles. The molecule has 0 unspecified atom stereocenters. The van der Waals surface area contributed by atoms with E-state index in [0.29, 0.717) is 5.75 Å². The van der Waals surface area contributed by atoms with E-state index in [0.717, 1.165) is 52.4 Å². The van der Waals surface area contributed by atoms with Crippen LogP contribution in [-0.4, -0.2) is 46.1 Å². The van der Waals surface area contributed by atoms with Crippen molar-refractivity contribution < 1.29 is 9.53 Å². The molecule has 1 atom stereocenters. The lowest BCUT2D eigenvalue weighted by Crippen LogP contribution is -2.17. The number of rotatable bonds is 7. The van der Waals surface area contributed by atoms with Crippen molar-refractivity contribution in [1.29, 1.82) is 0 Å². The van der Waals surface area contributed by atoms with Crippen molar-refractivity contribution >= 4 is 34.0 Å². The number of aromatic nitrogens is 3. The molecule has 2 aromatic heterocycles. The van der Waals surface area contributed by atoms with E-state index in [4.69, 9.17) is 4.74 Å². The molecule has 0 spiro atoms. The summed E-state index contributed by atoms with van der Waals surface area (Å²) in [5.74, 6) is 0.510. The quantitative estimate of drug-likeness (QED) is 0.600. The van der Waals surface area contributed by atoms with Gasteiger partial charge < -0.3 is 14.6 Å². The third-order valence-electron chi connectivity index (χ3n) is 4.23. The minimum atomic E-state index is 0.132. The maximum absolute atomic E-state index is 12.6. The van der Waals surface area contributed by atoms with Crippen LogP contribution in [0.2, 0.25) is 0 Å². The minimum Gasteiger partial charge on any atom is -0.376 e. The first kappa shape index (κ1) is 17.4. The predicted molar refractivity (Wildman–Crippen MR) is 97.4 cm³/mol. The second kappa shape index (κ2) is 7.67. The number of Topliss-reactive ketones (excluding diaryl/α,β-unsaturated/α-hetero) is 1. The first-order valence-corrected chi connectivity index (χ1v) is 9.84. The van der Waals surface area contributed by atoms with Gasteiger partial charge in [-0.3, -0.25) is 4.79 Å². The van der Waals surface area contributed by atoms with Crippen LogP contribution in [0.4, 0.5) is 5.13 Å². The summed E-state index contributed by atoms with van der Waals surface area (Å²) in [4.78, 5) is 12.6. The zero-order valence-corrected chi connectivity index (χ0v) is 15.8. The van der Waals surface area contributed by atoms with Crippen LogP contribution in [0.3, 0.4) is 0 Å². The van der Waals surface area contributed by atoms with Crippen molar-refractivity contribution in [2.45, 2.75) is 43.7 Å². The molecule has 24 heavy (non-hydrogen) atoms. The van der Waals surface area contributed by atoms with E-state index < -0.39 is 0 Å². The van der Waals surface area contributed by atoms with E-state index in [9.17, 15) is 4.79 Å². The van der Waals surface area contributed by atoms with Gasteiger partial charge in [-0.15, -0.1) is 10.2 Å². The lowest BCUT2D eigenvalue weighted by atomic mass is 10.2. The Morgan fingerprint density at radius 3 is 3.00 bits per heavy atom. The van der Waals surface area contributed by atoms with Crippen LogP contribution in [0, 0.1) is 13.8 Å². The molecule has 6 nitrogen and oxygen atoms in total. The number of carbonyl (C=O) groups is 1. The highest BCUT2D eigenvalue weighted by atomic mass is 32.2. The molecule has 3 rings (SSSR count). The van der Waals surface area contributed by atoms with Crippen LogP contribution in [0.1, 0.15) is 34.6 Å². The van der Waals surface area contributed by atoms with Crippen LogP contribution in [0.5, 0.6) is 0 Å². The lowest BCUT2D eigenvalue weighted by Gasteiger charge is -2.14. The van der Waals surface area contributed by atoms with Gasteiger partial charge in [-0.25, -0.2) is 0 Å². The molecule has 1 N–H and O–H groups in total. The minimum absolute atomic E-state index is 0.132. The number of hydrogen-bond donors (Lipinski definition) is 1. The molecule has 130 valence electrons. The Hall–Kier alpha value is -1.38. The van der Waals surface area contributed by atoms with E-state index in [1.165, 1.54) is 23.1 Å². The van der Waals surface area contributed by atoms with Crippen molar-refractivity contribution in [3.8, 4) is 0 Å². The summed E-state index contributed by atoms with van der Waals surface area (Å²) in [6.45, 7) is 5.75. The number of carbonyl (C=O) groups excluding carboxylic acids is 1. The zero-order valence-electron chi connectivity index (χ0n) is 14.2. The Balaban J connectivity index is 1.65. The number of hydrogen-bond acceptors (Lipinski definition) is 7. The van der Waals surface area contributed by atoms with Gasteiger partial charge in [0.05, 0.1) is 11.9 Å². The third kappa shape index (κ3) is 3.81. The first-order valence-electron chi connectivity index (χ1n) is 8.04. The van der Waals surface area contributed by atoms with Gasteiger partial charge in [0.15, 0.2) is 10.1 Å². The molecule has 0 saturated carbocycles. The van der Waals surface area contributed by atoms with Crippen LogP contribution in [0.15, 0.2) is 10.4 Å². The molecule has 1 saturated heterocycles. The summed E-state index contributed by atoms with van der Waals surface area (Å²) in [5.41, 5.74) is 2.95. The summed E-state index contributed by atoms with van der Waals surface area (Å²) < 4.78 is 8.74.